The van der Waals surface area contributed by atoms with Gasteiger partial charge in [-0.05, 0) is 36.4 Å². The van der Waals surface area contributed by atoms with E-state index in [1.54, 1.807) is 36.5 Å². The number of anilines is 1. The fraction of sp³-hybridized carbons (Fsp3) is 0. The number of para-hydroxylation sites is 1. The van der Waals surface area contributed by atoms with Crippen molar-refractivity contribution in [2.24, 2.45) is 0 Å². The van der Waals surface area contributed by atoms with E-state index < -0.39 is 5.63 Å². The first-order valence-corrected chi connectivity index (χ1v) is 8.06. The SMILES string of the molecule is O=C(/C=C/c1cccc2cccnc12)Nc1ccc2oc(=O)ccc2c1. The number of rotatable bonds is 3. The van der Waals surface area contributed by atoms with Crippen molar-refractivity contribution >= 4 is 39.5 Å². The fourth-order valence-electron chi connectivity index (χ4n) is 2.76. The van der Waals surface area contributed by atoms with Crippen molar-refractivity contribution in [2.45, 2.75) is 0 Å². The van der Waals surface area contributed by atoms with E-state index in [9.17, 15) is 9.59 Å². The number of amides is 1. The van der Waals surface area contributed by atoms with Crippen LogP contribution in [0.15, 0.2) is 82.1 Å². The van der Waals surface area contributed by atoms with Crippen molar-refractivity contribution in [3.63, 3.8) is 0 Å². The number of carbonyl (C=O) groups is 1. The third-order valence-corrected chi connectivity index (χ3v) is 3.97. The number of fused-ring (bicyclic) bond motifs is 2. The van der Waals surface area contributed by atoms with Gasteiger partial charge in [-0.25, -0.2) is 4.79 Å². The Bertz CT molecular complexity index is 1200. The zero-order valence-corrected chi connectivity index (χ0v) is 13.7. The number of aromatic nitrogens is 1. The summed E-state index contributed by atoms with van der Waals surface area (Å²) in [4.78, 5) is 27.8. The summed E-state index contributed by atoms with van der Waals surface area (Å²) in [6, 6.07) is 17.8. The highest BCUT2D eigenvalue weighted by Gasteiger charge is 2.03. The fourth-order valence-corrected chi connectivity index (χ4v) is 2.76. The van der Waals surface area contributed by atoms with E-state index in [0.717, 1.165) is 21.9 Å². The molecule has 0 fully saturated rings. The van der Waals surface area contributed by atoms with Crippen LogP contribution in [-0.4, -0.2) is 10.9 Å². The van der Waals surface area contributed by atoms with E-state index in [4.69, 9.17) is 4.42 Å². The minimum absolute atomic E-state index is 0.255. The van der Waals surface area contributed by atoms with Crippen molar-refractivity contribution in [3.8, 4) is 0 Å². The summed E-state index contributed by atoms with van der Waals surface area (Å²) in [6.07, 6.45) is 4.94. The molecule has 0 aliphatic carbocycles. The van der Waals surface area contributed by atoms with E-state index in [-0.39, 0.29) is 5.91 Å². The van der Waals surface area contributed by atoms with Gasteiger partial charge in [-0.2, -0.15) is 0 Å². The van der Waals surface area contributed by atoms with Crippen molar-refractivity contribution < 1.29 is 9.21 Å². The molecule has 0 atom stereocenters. The lowest BCUT2D eigenvalue weighted by Crippen LogP contribution is -2.07. The van der Waals surface area contributed by atoms with Crippen LogP contribution < -0.4 is 10.9 Å². The molecule has 0 aliphatic rings. The van der Waals surface area contributed by atoms with Gasteiger partial charge in [0.05, 0.1) is 5.52 Å². The number of benzene rings is 2. The summed E-state index contributed by atoms with van der Waals surface area (Å²) in [7, 11) is 0. The lowest BCUT2D eigenvalue weighted by atomic mass is 10.1. The molecule has 4 aromatic rings. The molecule has 2 heterocycles. The highest BCUT2D eigenvalue weighted by Crippen LogP contribution is 2.19. The maximum absolute atomic E-state index is 12.2. The Hall–Kier alpha value is -3.73. The van der Waals surface area contributed by atoms with Gasteiger partial charge in [-0.3, -0.25) is 9.78 Å². The Kier molecular flexibility index (Phi) is 4.03. The van der Waals surface area contributed by atoms with E-state index in [1.165, 1.54) is 12.1 Å². The first-order chi connectivity index (χ1) is 12.7. The van der Waals surface area contributed by atoms with Crippen molar-refractivity contribution in [1.82, 2.24) is 4.98 Å². The number of nitrogens with zero attached hydrogens (tertiary/aromatic N) is 1. The third-order valence-electron chi connectivity index (χ3n) is 3.97. The maximum Gasteiger partial charge on any atom is 0.336 e. The molecule has 0 aliphatic heterocycles. The van der Waals surface area contributed by atoms with Gasteiger partial charge >= 0.3 is 5.63 Å². The molecule has 0 radical (unpaired) electrons. The largest absolute Gasteiger partial charge is 0.423 e. The van der Waals surface area contributed by atoms with Crippen LogP contribution in [0.3, 0.4) is 0 Å². The topological polar surface area (TPSA) is 72.2 Å². The smallest absolute Gasteiger partial charge is 0.336 e. The van der Waals surface area contributed by atoms with Gasteiger partial charge in [0.25, 0.3) is 0 Å². The van der Waals surface area contributed by atoms with Crippen molar-refractivity contribution in [3.05, 3.63) is 88.9 Å². The Morgan fingerprint density at radius 3 is 2.81 bits per heavy atom. The predicted octanol–water partition coefficient (Wildman–Crippen LogP) is 3.99. The molecule has 0 spiro atoms. The van der Waals surface area contributed by atoms with Gasteiger partial charge in [0.2, 0.25) is 5.91 Å². The van der Waals surface area contributed by atoms with E-state index in [0.29, 0.717) is 11.3 Å². The molecule has 0 bridgehead atoms. The second kappa shape index (κ2) is 6.64. The molecular weight excluding hydrogens is 328 g/mol. The molecule has 0 unspecified atom stereocenters. The molecule has 126 valence electrons. The lowest BCUT2D eigenvalue weighted by Gasteiger charge is -2.04. The van der Waals surface area contributed by atoms with E-state index in [2.05, 4.69) is 10.3 Å². The van der Waals surface area contributed by atoms with Crippen molar-refractivity contribution in [1.29, 1.82) is 0 Å². The molecule has 2 aromatic carbocycles. The summed E-state index contributed by atoms with van der Waals surface area (Å²) in [5.74, 6) is -0.255. The average molecular weight is 342 g/mol. The van der Waals surface area contributed by atoms with E-state index >= 15 is 0 Å². The van der Waals surface area contributed by atoms with Gasteiger partial charge in [-0.1, -0.05) is 24.3 Å². The molecule has 5 nitrogen and oxygen atoms in total. The second-order valence-electron chi connectivity index (χ2n) is 5.75. The lowest BCUT2D eigenvalue weighted by molar-refractivity contribution is -0.111. The summed E-state index contributed by atoms with van der Waals surface area (Å²) >= 11 is 0. The van der Waals surface area contributed by atoms with Crippen molar-refractivity contribution in [2.75, 3.05) is 5.32 Å². The van der Waals surface area contributed by atoms with Crippen LogP contribution in [-0.2, 0) is 4.79 Å². The molecular formula is C21H14N2O3. The molecule has 0 saturated carbocycles. The number of carbonyl (C=O) groups excluding carboxylic acids is 1. The van der Waals surface area contributed by atoms with Crippen LogP contribution in [0.4, 0.5) is 5.69 Å². The Morgan fingerprint density at radius 1 is 1.00 bits per heavy atom. The highest BCUT2D eigenvalue weighted by atomic mass is 16.4. The normalized spacial score (nSPS) is 11.2. The van der Waals surface area contributed by atoms with Crippen LogP contribution in [0.2, 0.25) is 0 Å². The predicted molar refractivity (Wildman–Crippen MR) is 102 cm³/mol. The number of pyridine rings is 1. The second-order valence-corrected chi connectivity index (χ2v) is 5.75. The minimum Gasteiger partial charge on any atom is -0.423 e. The van der Waals surface area contributed by atoms with E-state index in [1.807, 2.05) is 30.3 Å². The van der Waals surface area contributed by atoms with Gasteiger partial charge in [0.15, 0.2) is 0 Å². The van der Waals surface area contributed by atoms with Crippen LogP contribution in [0.5, 0.6) is 0 Å². The summed E-state index contributed by atoms with van der Waals surface area (Å²) in [5, 5.41) is 4.56. The first-order valence-electron chi connectivity index (χ1n) is 8.06. The summed E-state index contributed by atoms with van der Waals surface area (Å²) in [6.45, 7) is 0. The number of hydrogen-bond donors (Lipinski definition) is 1. The van der Waals surface area contributed by atoms with Crippen LogP contribution in [0, 0.1) is 0 Å². The third kappa shape index (κ3) is 3.23. The first kappa shape index (κ1) is 15.8. The number of hydrogen-bond acceptors (Lipinski definition) is 4. The molecule has 26 heavy (non-hydrogen) atoms. The summed E-state index contributed by atoms with van der Waals surface area (Å²) in [5.41, 5.74) is 2.42. The van der Waals surface area contributed by atoms with Gasteiger partial charge in [0, 0.05) is 40.4 Å². The Balaban J connectivity index is 1.55. The Morgan fingerprint density at radius 2 is 1.88 bits per heavy atom. The zero-order chi connectivity index (χ0) is 17.9. The standard InChI is InChI=1S/C21H14N2O3/c24-19(10-6-15-4-1-3-14-5-2-12-22-21(14)15)23-17-8-9-18-16(13-17)7-11-20(25)26-18/h1-13H,(H,23,24)/b10-6+. The quantitative estimate of drug-likeness (QED) is 0.451. The van der Waals surface area contributed by atoms with Gasteiger partial charge in [0.1, 0.15) is 5.58 Å². The van der Waals surface area contributed by atoms with Gasteiger partial charge < -0.3 is 9.73 Å². The monoisotopic (exact) mass is 342 g/mol. The van der Waals surface area contributed by atoms with Crippen LogP contribution in [0.1, 0.15) is 5.56 Å². The Labute approximate surface area is 148 Å². The molecule has 2 aromatic heterocycles. The molecule has 1 N–H and O–H groups in total. The number of nitrogens with one attached hydrogen (secondary N) is 1. The highest BCUT2D eigenvalue weighted by molar-refractivity contribution is 6.04. The molecule has 4 rings (SSSR count). The molecule has 5 heteroatoms. The molecule has 1 amide bonds. The van der Waals surface area contributed by atoms with Crippen LogP contribution >= 0.6 is 0 Å². The summed E-state index contributed by atoms with van der Waals surface area (Å²) < 4.78 is 5.08. The minimum atomic E-state index is -0.402. The average Bonchev–Trinajstić information content (AvgIpc) is 2.66. The van der Waals surface area contributed by atoms with Gasteiger partial charge in [-0.15, -0.1) is 0 Å². The molecule has 0 saturated heterocycles. The zero-order valence-electron chi connectivity index (χ0n) is 13.7. The van der Waals surface area contributed by atoms with Crippen LogP contribution in [0.25, 0.3) is 27.9 Å². The maximum atomic E-state index is 12.2.